The SMILES string of the molecule is CCCCC/C=C\C/C=C\C/C=C\C=C\[C@H](O)CCCC(=O)O[C@H](COC(=O)CCCCCCCCCCCC(C)C)COP(=O)(O)OP(=O)(O)OC[C@H]1O[C@@H](n2ccc(N)nc2=O)[C@H](O)[C@@H]1O. The number of hydrogen-bond donors (Lipinski definition) is 6. The van der Waals surface area contributed by atoms with Crippen molar-refractivity contribution in [3.8, 4) is 0 Å². The molecule has 1 aromatic heterocycles. The zero-order valence-electron chi connectivity index (χ0n) is 40.2. The van der Waals surface area contributed by atoms with E-state index in [0.29, 0.717) is 6.42 Å². The summed E-state index contributed by atoms with van der Waals surface area (Å²) in [6.45, 7) is 4.18. The number of aliphatic hydroxyl groups excluding tert-OH is 3. The summed E-state index contributed by atoms with van der Waals surface area (Å²) in [7, 11) is -10.9. The Kier molecular flexibility index (Phi) is 31.2. The van der Waals surface area contributed by atoms with Gasteiger partial charge in [0.15, 0.2) is 12.3 Å². The zero-order chi connectivity index (χ0) is 50.2. The molecule has 1 aliphatic rings. The van der Waals surface area contributed by atoms with Crippen LogP contribution in [-0.2, 0) is 46.3 Å². The van der Waals surface area contributed by atoms with Crippen LogP contribution < -0.4 is 11.4 Å². The molecule has 68 heavy (non-hydrogen) atoms. The van der Waals surface area contributed by atoms with Crippen molar-refractivity contribution in [2.75, 3.05) is 25.6 Å². The monoisotopic (exact) mass is 1000 g/mol. The largest absolute Gasteiger partial charge is 0.481 e. The Morgan fingerprint density at radius 1 is 0.809 bits per heavy atom. The second kappa shape index (κ2) is 34.9. The van der Waals surface area contributed by atoms with Crippen LogP contribution in [0.2, 0.25) is 0 Å². The summed E-state index contributed by atoms with van der Waals surface area (Å²) in [4.78, 5) is 61.8. The van der Waals surface area contributed by atoms with Crippen LogP contribution >= 0.6 is 15.6 Å². The van der Waals surface area contributed by atoms with Crippen LogP contribution in [-0.4, -0.2) is 96.9 Å². The van der Waals surface area contributed by atoms with Gasteiger partial charge in [0.1, 0.15) is 30.7 Å². The van der Waals surface area contributed by atoms with E-state index in [1.54, 1.807) is 12.2 Å². The molecule has 8 atom stereocenters. The first-order chi connectivity index (χ1) is 32.4. The summed E-state index contributed by atoms with van der Waals surface area (Å²) in [6.07, 6.45) is 25.3. The molecule has 2 heterocycles. The number of nitrogens with zero attached hydrogens (tertiary/aromatic N) is 2. The minimum atomic E-state index is -5.47. The molecular formula is C47H79N3O16P2. The molecule has 1 aromatic rings. The minimum Gasteiger partial charge on any atom is -0.462 e. The predicted molar refractivity (Wildman–Crippen MR) is 258 cm³/mol. The van der Waals surface area contributed by atoms with E-state index in [-0.39, 0.29) is 31.5 Å². The van der Waals surface area contributed by atoms with Crippen LogP contribution in [0.4, 0.5) is 5.82 Å². The summed E-state index contributed by atoms with van der Waals surface area (Å²) >= 11 is 0. The Bertz CT molecular complexity index is 1860. The van der Waals surface area contributed by atoms with Crippen molar-refractivity contribution in [3.63, 3.8) is 0 Å². The number of aromatic nitrogens is 2. The predicted octanol–water partition coefficient (Wildman–Crippen LogP) is 8.21. The molecule has 2 unspecified atom stereocenters. The Balaban J connectivity index is 1.88. The van der Waals surface area contributed by atoms with Gasteiger partial charge in [-0.25, -0.2) is 13.9 Å². The standard InChI is InChI=1S/C47H79N3O16P2/c1-4-5-6-7-8-9-10-11-12-15-18-21-24-28-38(51)29-26-31-43(53)64-39(34-61-42(52)30-25-22-19-16-13-14-17-20-23-27-37(2)3)35-62-67(57,58)66-68(59,60)63-36-40-44(54)45(55)46(65-40)50-33-32-41(48)49-47(50)56/h8-9,11-12,18,21,24,28,32-33,37-40,44-46,51,54-55H,4-7,10,13-17,19-20,22-23,25-27,29-31,34-36H2,1-3H3,(H,57,58)(H,59,60)(H2,48,49,56)/b9-8-,12-11-,21-18-,28-24+/t38-,39+,40+,44+,45+,46+/m0/s1. The summed E-state index contributed by atoms with van der Waals surface area (Å²) in [6, 6.07) is 1.24. The van der Waals surface area contributed by atoms with Crippen molar-refractivity contribution >= 4 is 33.4 Å². The minimum absolute atomic E-state index is 0.0856. The Hall–Kier alpha value is -3.32. The van der Waals surface area contributed by atoms with Gasteiger partial charge in [-0.1, -0.05) is 140 Å². The number of aliphatic hydroxyl groups is 3. The molecule has 7 N–H and O–H groups in total. The normalized spacial score (nSPS) is 20.4. The smallest absolute Gasteiger partial charge is 0.462 e. The second-order valence-corrected chi connectivity index (χ2v) is 20.3. The van der Waals surface area contributed by atoms with Crippen molar-refractivity contribution in [2.24, 2.45) is 5.92 Å². The van der Waals surface area contributed by atoms with Crippen molar-refractivity contribution < 1.29 is 71.4 Å². The number of phosphoric ester groups is 2. The average molecular weight is 1000 g/mol. The average Bonchev–Trinajstić information content (AvgIpc) is 3.55. The third-order valence-electron chi connectivity index (χ3n) is 10.7. The molecular weight excluding hydrogens is 924 g/mol. The molecule has 0 radical (unpaired) electrons. The number of allylic oxidation sites excluding steroid dienone is 7. The summed E-state index contributed by atoms with van der Waals surface area (Å²) < 4.78 is 56.5. The lowest BCUT2D eigenvalue weighted by atomic mass is 10.0. The first-order valence-electron chi connectivity index (χ1n) is 24.1. The van der Waals surface area contributed by atoms with Crippen LogP contribution in [0.15, 0.2) is 65.7 Å². The van der Waals surface area contributed by atoms with E-state index in [4.69, 9.17) is 29.0 Å². The van der Waals surface area contributed by atoms with Gasteiger partial charge >= 0.3 is 33.3 Å². The number of rotatable bonds is 38. The van der Waals surface area contributed by atoms with Crippen LogP contribution in [0.25, 0.3) is 0 Å². The number of nitrogens with two attached hydrogens (primary N) is 1. The van der Waals surface area contributed by atoms with E-state index in [0.717, 1.165) is 61.6 Å². The van der Waals surface area contributed by atoms with Gasteiger partial charge in [-0.3, -0.25) is 23.2 Å². The van der Waals surface area contributed by atoms with Crippen molar-refractivity contribution in [1.29, 1.82) is 0 Å². The lowest BCUT2D eigenvalue weighted by molar-refractivity contribution is -0.161. The molecule has 388 valence electrons. The van der Waals surface area contributed by atoms with Crippen molar-refractivity contribution in [1.82, 2.24) is 9.55 Å². The highest BCUT2D eigenvalue weighted by Gasteiger charge is 2.46. The fourth-order valence-corrected chi connectivity index (χ4v) is 9.00. The fraction of sp³-hybridized carbons (Fsp3) is 0.702. The van der Waals surface area contributed by atoms with Crippen molar-refractivity contribution in [2.45, 2.75) is 186 Å². The third-order valence-corrected chi connectivity index (χ3v) is 13.3. The van der Waals surface area contributed by atoms with Crippen LogP contribution in [0.3, 0.4) is 0 Å². The first-order valence-corrected chi connectivity index (χ1v) is 27.1. The highest BCUT2D eigenvalue weighted by molar-refractivity contribution is 7.61. The van der Waals surface area contributed by atoms with Crippen molar-refractivity contribution in [3.05, 3.63) is 71.4 Å². The van der Waals surface area contributed by atoms with Crippen LogP contribution in [0.5, 0.6) is 0 Å². The third kappa shape index (κ3) is 28.4. The van der Waals surface area contributed by atoms with Crippen LogP contribution in [0, 0.1) is 5.92 Å². The molecule has 1 saturated heterocycles. The molecule has 21 heteroatoms. The maximum atomic E-state index is 12.8. The molecule has 19 nitrogen and oxygen atoms in total. The van der Waals surface area contributed by atoms with Gasteiger partial charge in [0.2, 0.25) is 0 Å². The lowest BCUT2D eigenvalue weighted by Gasteiger charge is -2.21. The quantitative estimate of drug-likeness (QED) is 0.0120. The molecule has 0 saturated carbocycles. The van der Waals surface area contributed by atoms with Crippen LogP contribution in [0.1, 0.15) is 155 Å². The Labute approximate surface area is 402 Å². The number of anilines is 1. The highest BCUT2D eigenvalue weighted by Crippen LogP contribution is 2.60. The lowest BCUT2D eigenvalue weighted by Crippen LogP contribution is -2.36. The number of esters is 2. The molecule has 1 fully saturated rings. The summed E-state index contributed by atoms with van der Waals surface area (Å²) in [5.74, 6) is -0.784. The van der Waals surface area contributed by atoms with Gasteiger partial charge in [-0.05, 0) is 56.9 Å². The number of carbonyl (C=O) groups excluding carboxylic acids is 2. The van der Waals surface area contributed by atoms with Gasteiger partial charge < -0.3 is 45.1 Å². The highest BCUT2D eigenvalue weighted by atomic mass is 31.3. The second-order valence-electron chi connectivity index (χ2n) is 17.3. The van der Waals surface area contributed by atoms with Gasteiger partial charge in [-0.2, -0.15) is 9.29 Å². The molecule has 0 bridgehead atoms. The molecule has 0 spiro atoms. The van der Waals surface area contributed by atoms with E-state index in [1.165, 1.54) is 57.4 Å². The van der Waals surface area contributed by atoms with E-state index < -0.39 is 89.8 Å². The van der Waals surface area contributed by atoms with E-state index in [9.17, 15) is 48.6 Å². The first kappa shape index (κ1) is 60.8. The molecule has 0 amide bonds. The number of carbonyl (C=O) groups is 2. The zero-order valence-corrected chi connectivity index (χ0v) is 42.0. The Morgan fingerprint density at radius 2 is 1.44 bits per heavy atom. The van der Waals surface area contributed by atoms with Gasteiger partial charge in [0.05, 0.1) is 19.3 Å². The number of hydrogen-bond acceptors (Lipinski definition) is 16. The summed E-state index contributed by atoms with van der Waals surface area (Å²) in [5, 5.41) is 31.3. The van der Waals surface area contributed by atoms with Gasteiger partial charge in [-0.15, -0.1) is 0 Å². The fourth-order valence-electron chi connectivity index (χ4n) is 6.89. The van der Waals surface area contributed by atoms with Gasteiger partial charge in [0.25, 0.3) is 0 Å². The molecule has 0 aromatic carbocycles. The van der Waals surface area contributed by atoms with Gasteiger partial charge in [0, 0.05) is 19.0 Å². The van der Waals surface area contributed by atoms with E-state index >= 15 is 0 Å². The topological polar surface area (TPSA) is 286 Å². The maximum Gasteiger partial charge on any atom is 0.481 e. The Morgan fingerprint density at radius 3 is 2.12 bits per heavy atom. The summed E-state index contributed by atoms with van der Waals surface area (Å²) in [5.41, 5.74) is 4.56. The number of nitrogen functional groups attached to an aromatic ring is 1. The molecule has 0 aliphatic carbocycles. The number of phosphoric acid groups is 2. The number of ether oxygens (including phenoxy) is 3. The molecule has 1 aliphatic heterocycles. The molecule has 2 rings (SSSR count). The maximum absolute atomic E-state index is 12.8. The number of unbranched alkanes of at least 4 members (excludes halogenated alkanes) is 11. The van der Waals surface area contributed by atoms with E-state index in [1.807, 2.05) is 12.2 Å². The van der Waals surface area contributed by atoms with E-state index in [2.05, 4.69) is 54.4 Å².